The lowest BCUT2D eigenvalue weighted by Gasteiger charge is -2.21. The molecule has 1 atom stereocenters. The molecule has 2 amide bonds. The minimum atomic E-state index is -0.657. The van der Waals surface area contributed by atoms with Crippen LogP contribution in [0.25, 0.3) is 0 Å². The number of hydrogen-bond donors (Lipinski definition) is 2. The quantitative estimate of drug-likeness (QED) is 0.672. The van der Waals surface area contributed by atoms with Crippen LogP contribution >= 0.6 is 0 Å². The van der Waals surface area contributed by atoms with E-state index in [0.717, 1.165) is 0 Å². The standard InChI is InChI=1S/C17H26N2O5/c1-5-23-17(21)19-15(12(2)3)16(20)18-10-11-24-14-9-7-6-8-13(14)22-4/h6-9,12,15H,5,10-11H2,1-4H3,(H,18,20)(H,19,21). The molecule has 0 bridgehead atoms. The Morgan fingerprint density at radius 1 is 1.17 bits per heavy atom. The average molecular weight is 338 g/mol. The molecule has 0 aliphatic heterocycles. The van der Waals surface area contributed by atoms with Crippen molar-refractivity contribution >= 4 is 12.0 Å². The highest BCUT2D eigenvalue weighted by atomic mass is 16.5. The van der Waals surface area contributed by atoms with Gasteiger partial charge >= 0.3 is 6.09 Å². The van der Waals surface area contributed by atoms with E-state index in [1.165, 1.54) is 0 Å². The summed E-state index contributed by atoms with van der Waals surface area (Å²) in [6.45, 7) is 6.26. The fraction of sp³-hybridized carbons (Fsp3) is 0.529. The van der Waals surface area contributed by atoms with E-state index in [2.05, 4.69) is 10.6 Å². The number of hydrogen-bond acceptors (Lipinski definition) is 5. The van der Waals surface area contributed by atoms with Crippen LogP contribution in [0.2, 0.25) is 0 Å². The molecule has 7 nitrogen and oxygen atoms in total. The van der Waals surface area contributed by atoms with E-state index in [1.807, 2.05) is 26.0 Å². The van der Waals surface area contributed by atoms with Crippen molar-refractivity contribution in [1.82, 2.24) is 10.6 Å². The summed E-state index contributed by atoms with van der Waals surface area (Å²) in [5, 5.41) is 5.30. The summed E-state index contributed by atoms with van der Waals surface area (Å²) < 4.78 is 15.6. The molecular formula is C17H26N2O5. The van der Waals surface area contributed by atoms with Crippen LogP contribution < -0.4 is 20.1 Å². The lowest BCUT2D eigenvalue weighted by atomic mass is 10.0. The summed E-state index contributed by atoms with van der Waals surface area (Å²) in [6.07, 6.45) is -0.600. The molecule has 7 heteroatoms. The molecule has 0 heterocycles. The minimum absolute atomic E-state index is 0.0652. The van der Waals surface area contributed by atoms with Crippen LogP contribution in [0.5, 0.6) is 11.5 Å². The molecule has 1 aromatic carbocycles. The number of ether oxygens (including phenoxy) is 3. The first kappa shape index (κ1) is 19.6. The van der Waals surface area contributed by atoms with E-state index in [1.54, 1.807) is 26.2 Å². The maximum absolute atomic E-state index is 12.2. The maximum Gasteiger partial charge on any atom is 0.407 e. The maximum atomic E-state index is 12.2. The second-order valence-electron chi connectivity index (χ2n) is 5.38. The average Bonchev–Trinajstić information content (AvgIpc) is 2.56. The number of amides is 2. The molecule has 1 rings (SSSR count). The van der Waals surface area contributed by atoms with Crippen LogP contribution in [0, 0.1) is 5.92 Å². The Hall–Kier alpha value is -2.44. The van der Waals surface area contributed by atoms with Crippen LogP contribution in [0.3, 0.4) is 0 Å². The van der Waals surface area contributed by atoms with E-state index in [-0.39, 0.29) is 25.0 Å². The molecule has 0 aliphatic rings. The first-order chi connectivity index (χ1) is 11.5. The van der Waals surface area contributed by atoms with Gasteiger partial charge in [-0.1, -0.05) is 26.0 Å². The molecule has 0 spiro atoms. The van der Waals surface area contributed by atoms with Crippen molar-refractivity contribution in [2.75, 3.05) is 26.9 Å². The number of methoxy groups -OCH3 is 1. The van der Waals surface area contributed by atoms with Gasteiger partial charge in [0.25, 0.3) is 0 Å². The Kier molecular flexibility index (Phi) is 8.46. The molecule has 1 aromatic rings. The summed E-state index contributed by atoms with van der Waals surface area (Å²) in [6, 6.07) is 6.62. The third kappa shape index (κ3) is 6.36. The van der Waals surface area contributed by atoms with Gasteiger partial charge in [-0.05, 0) is 25.0 Å². The molecule has 2 N–H and O–H groups in total. The van der Waals surface area contributed by atoms with Crippen molar-refractivity contribution < 1.29 is 23.8 Å². The largest absolute Gasteiger partial charge is 0.493 e. The highest BCUT2D eigenvalue weighted by molar-refractivity contribution is 5.85. The van der Waals surface area contributed by atoms with Gasteiger partial charge in [0.1, 0.15) is 12.6 Å². The minimum Gasteiger partial charge on any atom is -0.493 e. The highest BCUT2D eigenvalue weighted by Crippen LogP contribution is 2.25. The van der Waals surface area contributed by atoms with E-state index in [0.29, 0.717) is 18.0 Å². The molecule has 0 aliphatic carbocycles. The van der Waals surface area contributed by atoms with Gasteiger partial charge in [-0.2, -0.15) is 0 Å². The van der Waals surface area contributed by atoms with Crippen molar-refractivity contribution in [3.05, 3.63) is 24.3 Å². The van der Waals surface area contributed by atoms with Gasteiger partial charge in [-0.3, -0.25) is 4.79 Å². The number of para-hydroxylation sites is 2. The molecule has 1 unspecified atom stereocenters. The second kappa shape index (κ2) is 10.4. The third-order valence-corrected chi connectivity index (χ3v) is 3.23. The van der Waals surface area contributed by atoms with Crippen molar-refractivity contribution in [3.8, 4) is 11.5 Å². The third-order valence-electron chi connectivity index (χ3n) is 3.23. The van der Waals surface area contributed by atoms with Crippen molar-refractivity contribution in [2.45, 2.75) is 26.8 Å². The van der Waals surface area contributed by atoms with Gasteiger partial charge in [0.05, 0.1) is 20.3 Å². The summed E-state index contributed by atoms with van der Waals surface area (Å²) in [7, 11) is 1.57. The Balaban J connectivity index is 2.44. The Morgan fingerprint density at radius 3 is 2.42 bits per heavy atom. The zero-order valence-electron chi connectivity index (χ0n) is 14.6. The molecule has 24 heavy (non-hydrogen) atoms. The van der Waals surface area contributed by atoms with E-state index >= 15 is 0 Å². The molecular weight excluding hydrogens is 312 g/mol. The monoisotopic (exact) mass is 338 g/mol. The fourth-order valence-electron chi connectivity index (χ4n) is 2.02. The van der Waals surface area contributed by atoms with Crippen LogP contribution in [0.15, 0.2) is 24.3 Å². The van der Waals surface area contributed by atoms with Crippen molar-refractivity contribution in [1.29, 1.82) is 0 Å². The molecule has 0 fully saturated rings. The van der Waals surface area contributed by atoms with E-state index < -0.39 is 12.1 Å². The van der Waals surface area contributed by atoms with E-state index in [4.69, 9.17) is 14.2 Å². The van der Waals surface area contributed by atoms with Gasteiger partial charge in [0, 0.05) is 0 Å². The van der Waals surface area contributed by atoms with Crippen molar-refractivity contribution in [3.63, 3.8) is 0 Å². The van der Waals surface area contributed by atoms with Gasteiger partial charge in [0.15, 0.2) is 11.5 Å². The molecule has 0 saturated heterocycles. The number of carbonyl (C=O) groups is 2. The first-order valence-corrected chi connectivity index (χ1v) is 7.96. The van der Waals surface area contributed by atoms with Crippen LogP contribution in [-0.2, 0) is 9.53 Å². The van der Waals surface area contributed by atoms with Crippen molar-refractivity contribution in [2.24, 2.45) is 5.92 Å². The topological polar surface area (TPSA) is 85.9 Å². The second-order valence-corrected chi connectivity index (χ2v) is 5.38. The lowest BCUT2D eigenvalue weighted by molar-refractivity contribution is -0.124. The summed E-state index contributed by atoms with van der Waals surface area (Å²) >= 11 is 0. The predicted octanol–water partition coefficient (Wildman–Crippen LogP) is 1.96. The van der Waals surface area contributed by atoms with Gasteiger partial charge in [0.2, 0.25) is 5.91 Å². The van der Waals surface area contributed by atoms with Gasteiger partial charge in [-0.25, -0.2) is 4.79 Å². The molecule has 134 valence electrons. The first-order valence-electron chi connectivity index (χ1n) is 7.96. The number of alkyl carbamates (subject to hydrolysis) is 1. The normalized spacial score (nSPS) is 11.5. The molecule has 0 saturated carbocycles. The van der Waals surface area contributed by atoms with Crippen LogP contribution in [0.1, 0.15) is 20.8 Å². The SMILES string of the molecule is CCOC(=O)NC(C(=O)NCCOc1ccccc1OC)C(C)C. The summed E-state index contributed by atoms with van der Waals surface area (Å²) in [5.74, 6) is 0.901. The summed E-state index contributed by atoms with van der Waals surface area (Å²) in [5.41, 5.74) is 0. The van der Waals surface area contributed by atoms with Crippen LogP contribution in [0.4, 0.5) is 4.79 Å². The molecule has 0 aromatic heterocycles. The number of rotatable bonds is 9. The summed E-state index contributed by atoms with van der Waals surface area (Å²) in [4.78, 5) is 23.7. The van der Waals surface area contributed by atoms with Gasteiger partial charge in [-0.15, -0.1) is 0 Å². The lowest BCUT2D eigenvalue weighted by Crippen LogP contribution is -2.50. The Morgan fingerprint density at radius 2 is 1.83 bits per heavy atom. The number of benzene rings is 1. The zero-order valence-corrected chi connectivity index (χ0v) is 14.6. The Labute approximate surface area is 142 Å². The number of carbonyl (C=O) groups excluding carboxylic acids is 2. The Bertz CT molecular complexity index is 533. The zero-order chi connectivity index (χ0) is 17.9. The van der Waals surface area contributed by atoms with E-state index in [9.17, 15) is 9.59 Å². The van der Waals surface area contributed by atoms with Gasteiger partial charge < -0.3 is 24.8 Å². The smallest absolute Gasteiger partial charge is 0.407 e. The highest BCUT2D eigenvalue weighted by Gasteiger charge is 2.24. The predicted molar refractivity (Wildman–Crippen MR) is 90.3 cm³/mol. The number of nitrogens with one attached hydrogen (secondary N) is 2. The fourth-order valence-corrected chi connectivity index (χ4v) is 2.02. The van der Waals surface area contributed by atoms with Crippen LogP contribution in [-0.4, -0.2) is 44.9 Å². The molecule has 0 radical (unpaired) electrons.